The van der Waals surface area contributed by atoms with Crippen molar-refractivity contribution in [3.05, 3.63) is 77.2 Å². The van der Waals surface area contributed by atoms with Gasteiger partial charge in [0.05, 0.1) is 17.4 Å². The zero-order valence-corrected chi connectivity index (χ0v) is 15.6. The molecule has 0 unspecified atom stereocenters. The van der Waals surface area contributed by atoms with Gasteiger partial charge in [0.25, 0.3) is 5.91 Å². The molecule has 2 aromatic rings. The van der Waals surface area contributed by atoms with Gasteiger partial charge in [0.15, 0.2) is 16.4 Å². The molecule has 7 heteroatoms. The number of carbonyl (C=O) groups excluding carboxylic acids is 2. The number of ether oxygens (including phenoxy) is 1. The number of esters is 1. The van der Waals surface area contributed by atoms with Crippen molar-refractivity contribution in [3.63, 3.8) is 0 Å². The minimum absolute atomic E-state index is 0.195. The molecule has 1 atom stereocenters. The van der Waals surface area contributed by atoms with Crippen LogP contribution in [0.3, 0.4) is 0 Å². The predicted octanol–water partition coefficient (Wildman–Crippen LogP) is 2.50. The molecule has 6 nitrogen and oxygen atoms in total. The Hall–Kier alpha value is -2.93. The third-order valence-electron chi connectivity index (χ3n) is 4.16. The largest absolute Gasteiger partial charge is 0.452 e. The standard InChI is InChI=1S/C20H19NO5S/c1-15-7-9-16(10-8-15)20(23)26-13-19(22)21(17-5-3-2-4-6-17)18-11-12-27(24,25)14-18/h2-12,18H,13-14H2,1H3/t18-/m0/s1. The molecule has 27 heavy (non-hydrogen) atoms. The highest BCUT2D eigenvalue weighted by atomic mass is 32.2. The van der Waals surface area contributed by atoms with E-state index < -0.39 is 34.4 Å². The minimum Gasteiger partial charge on any atom is -0.452 e. The van der Waals surface area contributed by atoms with Crippen LogP contribution in [0.1, 0.15) is 15.9 Å². The van der Waals surface area contributed by atoms with Crippen molar-refractivity contribution in [1.82, 2.24) is 0 Å². The van der Waals surface area contributed by atoms with E-state index >= 15 is 0 Å². The summed E-state index contributed by atoms with van der Waals surface area (Å²) in [4.78, 5) is 26.2. The quantitative estimate of drug-likeness (QED) is 0.739. The number of anilines is 1. The third-order valence-corrected chi connectivity index (χ3v) is 5.54. The van der Waals surface area contributed by atoms with Crippen molar-refractivity contribution >= 4 is 27.4 Å². The lowest BCUT2D eigenvalue weighted by atomic mass is 10.1. The molecule has 0 aliphatic carbocycles. The van der Waals surface area contributed by atoms with Crippen molar-refractivity contribution in [1.29, 1.82) is 0 Å². The zero-order chi connectivity index (χ0) is 19.4. The fourth-order valence-corrected chi connectivity index (χ4v) is 4.07. The Morgan fingerprint density at radius 3 is 2.33 bits per heavy atom. The first kappa shape index (κ1) is 18.8. The van der Waals surface area contributed by atoms with Crippen LogP contribution in [0, 0.1) is 6.92 Å². The van der Waals surface area contributed by atoms with Crippen LogP contribution in [-0.2, 0) is 19.4 Å². The van der Waals surface area contributed by atoms with Gasteiger partial charge in [-0.1, -0.05) is 35.9 Å². The summed E-state index contributed by atoms with van der Waals surface area (Å²) in [5, 5.41) is 1.11. The maximum atomic E-state index is 12.8. The second kappa shape index (κ2) is 7.75. The molecule has 0 N–H and O–H groups in total. The van der Waals surface area contributed by atoms with Gasteiger partial charge < -0.3 is 9.64 Å². The predicted molar refractivity (Wildman–Crippen MR) is 102 cm³/mol. The van der Waals surface area contributed by atoms with Crippen LogP contribution in [0.4, 0.5) is 5.69 Å². The van der Waals surface area contributed by atoms with Crippen molar-refractivity contribution in [3.8, 4) is 0 Å². The van der Waals surface area contributed by atoms with E-state index in [-0.39, 0.29) is 5.75 Å². The molecule has 140 valence electrons. The topological polar surface area (TPSA) is 80.8 Å². The number of sulfone groups is 1. The Morgan fingerprint density at radius 1 is 1.07 bits per heavy atom. The van der Waals surface area contributed by atoms with Crippen LogP contribution < -0.4 is 4.90 Å². The van der Waals surface area contributed by atoms with Crippen molar-refractivity contribution < 1.29 is 22.7 Å². The maximum absolute atomic E-state index is 12.8. The van der Waals surface area contributed by atoms with E-state index in [0.29, 0.717) is 11.3 Å². The lowest BCUT2D eigenvalue weighted by Crippen LogP contribution is -2.43. The van der Waals surface area contributed by atoms with E-state index in [2.05, 4.69) is 0 Å². The molecule has 1 aliphatic rings. The highest BCUT2D eigenvalue weighted by Crippen LogP contribution is 2.23. The highest BCUT2D eigenvalue weighted by Gasteiger charge is 2.31. The summed E-state index contributed by atoms with van der Waals surface area (Å²) >= 11 is 0. The summed E-state index contributed by atoms with van der Waals surface area (Å²) in [6.07, 6.45) is 1.47. The molecule has 0 fully saturated rings. The van der Waals surface area contributed by atoms with Gasteiger partial charge in [0.2, 0.25) is 0 Å². The summed E-state index contributed by atoms with van der Waals surface area (Å²) in [5.41, 5.74) is 1.90. The Labute approximate surface area is 158 Å². The number of hydrogen-bond acceptors (Lipinski definition) is 5. The smallest absolute Gasteiger partial charge is 0.338 e. The number of aryl methyl sites for hydroxylation is 1. The fourth-order valence-electron chi connectivity index (χ4n) is 2.80. The molecule has 0 bridgehead atoms. The maximum Gasteiger partial charge on any atom is 0.338 e. The average molecular weight is 385 g/mol. The number of hydrogen-bond donors (Lipinski definition) is 0. The molecule has 3 rings (SSSR count). The SMILES string of the molecule is Cc1ccc(C(=O)OCC(=O)N(c2ccccc2)[C@H]2C=CS(=O)(=O)C2)cc1. The molecule has 1 aliphatic heterocycles. The first-order valence-electron chi connectivity index (χ1n) is 8.37. The Morgan fingerprint density at radius 2 is 1.74 bits per heavy atom. The number of rotatable bonds is 5. The van der Waals surface area contributed by atoms with Gasteiger partial charge in [0.1, 0.15) is 0 Å². The molecule has 0 saturated carbocycles. The van der Waals surface area contributed by atoms with Gasteiger partial charge >= 0.3 is 5.97 Å². The lowest BCUT2D eigenvalue weighted by molar-refractivity contribution is -0.121. The zero-order valence-electron chi connectivity index (χ0n) is 14.7. The molecule has 1 amide bonds. The van der Waals surface area contributed by atoms with E-state index in [4.69, 9.17) is 4.74 Å². The molecule has 1 heterocycles. The lowest BCUT2D eigenvalue weighted by Gasteiger charge is -2.27. The van der Waals surface area contributed by atoms with Gasteiger partial charge in [-0.3, -0.25) is 4.79 Å². The molecular weight excluding hydrogens is 366 g/mol. The van der Waals surface area contributed by atoms with Gasteiger partial charge in [-0.25, -0.2) is 13.2 Å². The molecule has 0 saturated heterocycles. The van der Waals surface area contributed by atoms with Crippen LogP contribution in [-0.4, -0.2) is 38.7 Å². The monoisotopic (exact) mass is 385 g/mol. The van der Waals surface area contributed by atoms with Crippen molar-refractivity contribution in [2.24, 2.45) is 0 Å². The van der Waals surface area contributed by atoms with E-state index in [0.717, 1.165) is 11.0 Å². The molecule has 0 aromatic heterocycles. The third kappa shape index (κ3) is 4.62. The van der Waals surface area contributed by atoms with Crippen LogP contribution in [0.5, 0.6) is 0 Å². The molecule has 0 radical (unpaired) electrons. The average Bonchev–Trinajstić information content (AvgIpc) is 3.00. The summed E-state index contributed by atoms with van der Waals surface area (Å²) in [5.74, 6) is -1.29. The number of carbonyl (C=O) groups is 2. The Kier molecular flexibility index (Phi) is 5.41. The molecular formula is C20H19NO5S. The first-order chi connectivity index (χ1) is 12.9. The summed E-state index contributed by atoms with van der Waals surface area (Å²) in [6, 6.07) is 14.9. The second-order valence-electron chi connectivity index (χ2n) is 6.27. The number of amides is 1. The van der Waals surface area contributed by atoms with E-state index in [1.807, 2.05) is 6.92 Å². The van der Waals surface area contributed by atoms with Gasteiger partial charge in [0, 0.05) is 11.1 Å². The van der Waals surface area contributed by atoms with Crippen molar-refractivity contribution in [2.45, 2.75) is 13.0 Å². The fraction of sp³-hybridized carbons (Fsp3) is 0.200. The van der Waals surface area contributed by atoms with E-state index in [1.54, 1.807) is 54.6 Å². The van der Waals surface area contributed by atoms with Gasteiger partial charge in [-0.15, -0.1) is 0 Å². The van der Waals surface area contributed by atoms with Crippen LogP contribution in [0.25, 0.3) is 0 Å². The normalized spacial score (nSPS) is 17.4. The Bertz CT molecular complexity index is 965. The number of para-hydroxylation sites is 1. The van der Waals surface area contributed by atoms with E-state index in [9.17, 15) is 18.0 Å². The van der Waals surface area contributed by atoms with Crippen LogP contribution in [0.15, 0.2) is 66.1 Å². The number of nitrogens with zero attached hydrogens (tertiary/aromatic N) is 1. The Balaban J connectivity index is 1.74. The van der Waals surface area contributed by atoms with Gasteiger partial charge in [-0.05, 0) is 37.3 Å². The van der Waals surface area contributed by atoms with E-state index in [1.165, 1.54) is 11.0 Å². The number of benzene rings is 2. The highest BCUT2D eigenvalue weighted by molar-refractivity contribution is 7.94. The molecule has 0 spiro atoms. The molecule has 2 aromatic carbocycles. The van der Waals surface area contributed by atoms with Crippen LogP contribution >= 0.6 is 0 Å². The van der Waals surface area contributed by atoms with Crippen molar-refractivity contribution in [2.75, 3.05) is 17.3 Å². The first-order valence-corrected chi connectivity index (χ1v) is 10.1. The van der Waals surface area contributed by atoms with Gasteiger partial charge in [-0.2, -0.15) is 0 Å². The minimum atomic E-state index is -3.34. The summed E-state index contributed by atoms with van der Waals surface area (Å²) in [6.45, 7) is 1.42. The summed E-state index contributed by atoms with van der Waals surface area (Å²) < 4.78 is 28.7. The second-order valence-corrected chi connectivity index (χ2v) is 8.20. The van der Waals surface area contributed by atoms with Crippen LogP contribution in [0.2, 0.25) is 0 Å². The summed E-state index contributed by atoms with van der Waals surface area (Å²) in [7, 11) is -3.34.